The van der Waals surface area contributed by atoms with E-state index in [1.165, 1.54) is 0 Å². The minimum atomic E-state index is -8.20. The Morgan fingerprint density at radius 2 is 1.82 bits per heavy atom. The molecule has 1 rings (SSSR count). The summed E-state index contributed by atoms with van der Waals surface area (Å²) in [4.78, 5) is 0. The van der Waals surface area contributed by atoms with Crippen molar-refractivity contribution in [2.45, 2.75) is 0 Å². The quantitative estimate of drug-likeness (QED) is 0.602. The van der Waals surface area contributed by atoms with Gasteiger partial charge in [0, 0.05) is 6.08 Å². The molecule has 0 spiro atoms. The van der Waals surface area contributed by atoms with Crippen LogP contribution in [0.4, 0.5) is 16.0 Å². The van der Waals surface area contributed by atoms with Gasteiger partial charge in [-0.1, -0.05) is 11.6 Å². The first-order chi connectivity index (χ1) is 4.54. The average Bonchev–Trinajstić information content (AvgIpc) is 1.70. The average molecular weight is 211 g/mol. The first-order valence-corrected chi connectivity index (χ1v) is 4.88. The number of allylic oxidation sites excluding steroid dienone is 2. The van der Waals surface area contributed by atoms with Crippen LogP contribution in [0.2, 0.25) is 0 Å². The van der Waals surface area contributed by atoms with Crippen LogP contribution in [0, 0.1) is 0 Å². The van der Waals surface area contributed by atoms with Crippen LogP contribution < -0.4 is 0 Å². The fourth-order valence-electron chi connectivity index (χ4n) is 0.560. The largest absolute Gasteiger partial charge is 0.293 e. The Balaban J connectivity index is 3.44. The van der Waals surface area contributed by atoms with Crippen molar-refractivity contribution in [2.75, 3.05) is 0 Å². The van der Waals surface area contributed by atoms with Crippen molar-refractivity contribution in [2.24, 2.45) is 0 Å². The molecule has 0 aromatic heterocycles. The first-order valence-electron chi connectivity index (χ1n) is 2.33. The highest BCUT2D eigenvalue weighted by Gasteiger charge is 2.65. The van der Waals surface area contributed by atoms with E-state index < -0.39 is 25.3 Å². The zero-order chi connectivity index (χ0) is 8.98. The lowest BCUT2D eigenvalue weighted by Gasteiger charge is -2.45. The summed E-state index contributed by atoms with van der Waals surface area (Å²) >= 11 is 4.87. The molecule has 0 aromatic carbocycles. The molecular formula is C4H3ClF4OS. The van der Waals surface area contributed by atoms with Crippen molar-refractivity contribution >= 4 is 21.3 Å². The summed E-state index contributed by atoms with van der Waals surface area (Å²) in [6.07, 6.45) is 0.0448. The zero-order valence-electron chi connectivity index (χ0n) is 4.90. The van der Waals surface area contributed by atoms with Gasteiger partial charge in [0.05, 0.1) is 10.4 Å². The van der Waals surface area contributed by atoms with E-state index >= 15 is 0 Å². The number of rotatable bonds is 0. The molecule has 1 N–H and O–H groups in total. The molecule has 11 heavy (non-hydrogen) atoms. The molecule has 0 unspecified atom stereocenters. The maximum absolute atomic E-state index is 12.4. The summed E-state index contributed by atoms with van der Waals surface area (Å²) in [6, 6.07) is 0. The van der Waals surface area contributed by atoms with Gasteiger partial charge in [-0.05, 0) is 0 Å². The van der Waals surface area contributed by atoms with Crippen molar-refractivity contribution < 1.29 is 20.6 Å². The summed E-state index contributed by atoms with van der Waals surface area (Å²) in [6.45, 7) is 0. The molecule has 0 fully saturated rings. The Hall–Kier alpha value is -0.200. The Morgan fingerprint density at radius 3 is 1.91 bits per heavy atom. The van der Waals surface area contributed by atoms with Crippen LogP contribution in [-0.2, 0) is 0 Å². The predicted molar refractivity (Wildman–Crippen MR) is 36.7 cm³/mol. The second-order valence-corrected chi connectivity index (χ2v) is 5.60. The third-order valence-corrected chi connectivity index (χ3v) is 3.08. The molecule has 0 radical (unpaired) electrons. The van der Waals surface area contributed by atoms with E-state index in [-0.39, 0.29) is 6.08 Å². The van der Waals surface area contributed by atoms with Gasteiger partial charge in [-0.25, -0.2) is 0 Å². The van der Waals surface area contributed by atoms with E-state index in [2.05, 4.69) is 0 Å². The van der Waals surface area contributed by atoms with Gasteiger partial charge in [-0.15, -0.1) is 11.7 Å². The molecule has 0 saturated carbocycles. The molecule has 1 aliphatic rings. The van der Waals surface area contributed by atoms with Crippen molar-refractivity contribution in [3.8, 4) is 0 Å². The third kappa shape index (κ3) is 1.38. The van der Waals surface area contributed by atoms with Crippen molar-refractivity contribution in [1.82, 2.24) is 0 Å². The van der Waals surface area contributed by atoms with Gasteiger partial charge in [0.25, 0.3) is 0 Å². The highest BCUT2D eigenvalue weighted by molar-refractivity contribution is 8.54. The fraction of sp³-hybridized carbons (Fsp3) is 0. The number of halogens is 5. The molecule has 0 saturated heterocycles. The van der Waals surface area contributed by atoms with E-state index in [1.807, 2.05) is 0 Å². The van der Waals surface area contributed by atoms with E-state index in [0.717, 1.165) is 0 Å². The van der Waals surface area contributed by atoms with Crippen LogP contribution in [0.3, 0.4) is 0 Å². The van der Waals surface area contributed by atoms with Gasteiger partial charge in [0.1, 0.15) is 0 Å². The topological polar surface area (TPSA) is 20.2 Å². The molecule has 7 heteroatoms. The van der Waals surface area contributed by atoms with Gasteiger partial charge in [-0.3, -0.25) is 4.55 Å². The maximum Gasteiger partial charge on any atom is 0.225 e. The Kier molecular flexibility index (Phi) is 1.18. The Morgan fingerprint density at radius 1 is 1.36 bits per heavy atom. The zero-order valence-corrected chi connectivity index (χ0v) is 6.47. The van der Waals surface area contributed by atoms with Crippen molar-refractivity contribution in [3.63, 3.8) is 0 Å². The molecule has 0 bridgehead atoms. The van der Waals surface area contributed by atoms with Crippen LogP contribution >= 0.6 is 21.3 Å². The maximum atomic E-state index is 12.4. The molecule has 0 atom stereocenters. The van der Waals surface area contributed by atoms with Gasteiger partial charge >= 0.3 is 0 Å². The highest BCUT2D eigenvalue weighted by atomic mass is 35.5. The normalized spacial score (nSPS) is 37.3. The lowest BCUT2D eigenvalue weighted by Crippen LogP contribution is -2.12. The lowest BCUT2D eigenvalue weighted by molar-refractivity contribution is 0.374. The monoisotopic (exact) mass is 210 g/mol. The summed E-state index contributed by atoms with van der Waals surface area (Å²) in [5.74, 6) is 0. The van der Waals surface area contributed by atoms with Crippen LogP contribution in [0.15, 0.2) is 21.7 Å². The summed E-state index contributed by atoms with van der Waals surface area (Å²) in [5.41, 5.74) is 0. The molecule has 1 heterocycles. The number of hydrogen-bond acceptors (Lipinski definition) is 1. The van der Waals surface area contributed by atoms with Crippen molar-refractivity contribution in [1.29, 1.82) is 0 Å². The Labute approximate surface area is 64.3 Å². The van der Waals surface area contributed by atoms with Crippen LogP contribution in [0.5, 0.6) is 0 Å². The SMILES string of the molecule is OS1(F)(F)(F)C=C(Cl)C=C1F. The van der Waals surface area contributed by atoms with E-state index in [0.29, 0.717) is 0 Å². The minimum absolute atomic E-state index is 0.0448. The molecule has 0 aromatic rings. The first kappa shape index (κ1) is 8.89. The van der Waals surface area contributed by atoms with Gasteiger partial charge in [0.15, 0.2) is 9.73 Å². The third-order valence-electron chi connectivity index (χ3n) is 1.03. The van der Waals surface area contributed by atoms with Gasteiger partial charge in [0.2, 0.25) is 5.16 Å². The summed E-state index contributed by atoms with van der Waals surface area (Å²) < 4.78 is 57.3. The summed E-state index contributed by atoms with van der Waals surface area (Å²) in [5, 5.41) is -3.95. The highest BCUT2D eigenvalue weighted by Crippen LogP contribution is 2.99. The van der Waals surface area contributed by atoms with E-state index in [1.54, 1.807) is 0 Å². The minimum Gasteiger partial charge on any atom is -0.293 e. The van der Waals surface area contributed by atoms with E-state index in [4.69, 9.17) is 16.2 Å². The second-order valence-electron chi connectivity index (χ2n) is 2.15. The van der Waals surface area contributed by atoms with Crippen LogP contribution in [0.1, 0.15) is 0 Å². The molecule has 66 valence electrons. The molecular weight excluding hydrogens is 208 g/mol. The van der Waals surface area contributed by atoms with Crippen LogP contribution in [-0.4, -0.2) is 4.55 Å². The Bertz CT molecular complexity index is 286. The summed E-state index contributed by atoms with van der Waals surface area (Å²) in [7, 11) is -8.20. The van der Waals surface area contributed by atoms with Gasteiger partial charge < -0.3 is 0 Å². The lowest BCUT2D eigenvalue weighted by atomic mass is 10.6. The van der Waals surface area contributed by atoms with E-state index in [9.17, 15) is 16.0 Å². The molecule has 0 amide bonds. The number of hydrogen-bond donors (Lipinski definition) is 1. The fourth-order valence-corrected chi connectivity index (χ4v) is 2.31. The standard InChI is InChI=1S/C4H3ClF4OS/c5-3-1-4(6)11(7,8,9,10)2-3/h1-2,10H. The molecule has 1 aliphatic heterocycles. The molecule has 1 nitrogen and oxygen atoms in total. The van der Waals surface area contributed by atoms with Crippen molar-refractivity contribution in [3.05, 3.63) is 21.7 Å². The molecule has 0 aliphatic carbocycles. The predicted octanol–water partition coefficient (Wildman–Crippen LogP) is 3.89. The van der Waals surface area contributed by atoms with Gasteiger partial charge in [-0.2, -0.15) is 4.39 Å². The van der Waals surface area contributed by atoms with Crippen LogP contribution in [0.25, 0.3) is 0 Å². The smallest absolute Gasteiger partial charge is 0.225 e. The second kappa shape index (κ2) is 1.46.